The Morgan fingerprint density at radius 3 is 2.08 bits per heavy atom. The summed E-state index contributed by atoms with van der Waals surface area (Å²) in [6.07, 6.45) is 0.684. The highest BCUT2D eigenvalue weighted by Gasteiger charge is 2.63. The van der Waals surface area contributed by atoms with Gasteiger partial charge in [0.25, 0.3) is 0 Å². The average molecular weight is 844 g/mol. The molecule has 4 heterocycles. The van der Waals surface area contributed by atoms with Crippen LogP contribution in [-0.4, -0.2) is 104 Å². The zero-order valence-electron chi connectivity index (χ0n) is 34.4. The fourth-order valence-electron chi connectivity index (χ4n) is 9.07. The summed E-state index contributed by atoms with van der Waals surface area (Å²) in [5.41, 5.74) is 1.55. The van der Waals surface area contributed by atoms with E-state index in [2.05, 4.69) is 29.6 Å². The summed E-state index contributed by atoms with van der Waals surface area (Å²) in [6, 6.07) is 36.0. The van der Waals surface area contributed by atoms with Gasteiger partial charge in [0.15, 0.2) is 0 Å². The molecule has 0 radical (unpaired) electrons. The Morgan fingerprint density at radius 1 is 0.881 bits per heavy atom. The van der Waals surface area contributed by atoms with Crippen molar-refractivity contribution in [2.24, 2.45) is 0 Å². The number of methoxy groups -OCH3 is 3. The summed E-state index contributed by atoms with van der Waals surface area (Å²) < 4.78 is 65.0. The van der Waals surface area contributed by atoms with Crippen molar-refractivity contribution in [1.29, 1.82) is 0 Å². The first-order valence-electron chi connectivity index (χ1n) is 20.5. The molecule has 4 saturated heterocycles. The third-order valence-electron chi connectivity index (χ3n) is 12.1. The van der Waals surface area contributed by atoms with Crippen molar-refractivity contribution < 1.29 is 46.7 Å². The highest BCUT2D eigenvalue weighted by molar-refractivity contribution is 8.07. The SMILES string of the molecule is B[C@@H]1O[C@]2(COC(c3ccccc3)(c3ccc(OC)cc3)c3ccc(OC)cc3)CO[C@H]1C2O[P@@](=S)(OC[C@H]1O[C@@H](C)CC1OC)O[C@H](c1ccccc1)[C@@H]1CCCN1. The smallest absolute Gasteiger partial charge is 0.328 e. The zero-order chi connectivity index (χ0) is 41.0. The van der Waals surface area contributed by atoms with Crippen molar-refractivity contribution in [2.75, 3.05) is 47.7 Å². The Labute approximate surface area is 353 Å². The molecule has 4 aliphatic heterocycles. The fraction of sp³-hybridized carbons (Fsp3) is 0.467. The van der Waals surface area contributed by atoms with Crippen LogP contribution in [0.2, 0.25) is 0 Å². The van der Waals surface area contributed by atoms with E-state index in [1.165, 1.54) is 0 Å². The Hall–Kier alpha value is -3.17. The topological polar surface area (TPSA) is 104 Å². The maximum atomic E-state index is 7.43. The molecule has 8 rings (SSSR count). The maximum Gasteiger partial charge on any atom is 0.328 e. The van der Waals surface area contributed by atoms with Crippen LogP contribution in [0.4, 0.5) is 0 Å². The van der Waals surface area contributed by atoms with Gasteiger partial charge in [0.05, 0.1) is 52.3 Å². The van der Waals surface area contributed by atoms with E-state index in [1.54, 1.807) is 21.3 Å². The third-order valence-corrected chi connectivity index (χ3v) is 14.4. The normalized spacial score (nSPS) is 29.3. The Kier molecular flexibility index (Phi) is 13.3. The van der Waals surface area contributed by atoms with Crippen LogP contribution < -0.4 is 14.8 Å². The molecule has 0 saturated carbocycles. The van der Waals surface area contributed by atoms with Crippen LogP contribution in [0.25, 0.3) is 0 Å². The Bertz CT molecular complexity index is 1960. The molecule has 11 nitrogen and oxygen atoms in total. The molecule has 4 fully saturated rings. The average Bonchev–Trinajstić information content (AvgIpc) is 4.07. The predicted octanol–water partition coefficient (Wildman–Crippen LogP) is 6.47. The lowest BCUT2D eigenvalue weighted by molar-refractivity contribution is -0.164. The van der Waals surface area contributed by atoms with Crippen molar-refractivity contribution in [3.8, 4) is 11.5 Å². The molecule has 4 aliphatic rings. The van der Waals surface area contributed by atoms with Crippen LogP contribution in [-0.2, 0) is 54.7 Å². The van der Waals surface area contributed by atoms with E-state index in [4.69, 9.17) is 58.5 Å². The molecule has 2 unspecified atom stereocenters. The summed E-state index contributed by atoms with van der Waals surface area (Å²) in [5, 5.41) is 3.64. The minimum Gasteiger partial charge on any atom is -0.497 e. The molecule has 1 N–H and O–H groups in total. The number of benzene rings is 4. The first-order chi connectivity index (χ1) is 28.7. The number of hydrogen-bond acceptors (Lipinski definition) is 12. The molecule has 14 heteroatoms. The first-order valence-corrected chi connectivity index (χ1v) is 23.1. The summed E-state index contributed by atoms with van der Waals surface area (Å²) in [4.78, 5) is 0. The summed E-state index contributed by atoms with van der Waals surface area (Å²) in [7, 11) is 7.01. The van der Waals surface area contributed by atoms with Crippen LogP contribution in [0.1, 0.15) is 54.5 Å². The molecule has 0 spiro atoms. The number of hydrogen-bond donors (Lipinski definition) is 1. The van der Waals surface area contributed by atoms with Gasteiger partial charge in [-0.2, -0.15) is 0 Å². The number of nitrogens with one attached hydrogen (secondary N) is 1. The van der Waals surface area contributed by atoms with Crippen LogP contribution in [0.5, 0.6) is 11.5 Å². The lowest BCUT2D eigenvalue weighted by Gasteiger charge is -2.40. The standard InChI is InChI=1S/C45H55BNO10PS/c1-30-26-38(50-4)39(54-30)27-53-58(59,56-40(37-16-11-25-47-37)31-12-7-5-8-13-31)57-42-41-43(46)55-44(42,28-51-41)29-52-45(32-14-9-6-10-15-32,33-17-21-35(48-2)22-18-33)34-19-23-36(49-3)24-20-34/h5-10,12-15,17-24,30,37-43,47H,11,16,25-29,46H2,1-4H3/t30-,37-,38?,39+,40+,41-,42?,43+,44-,58+/m0/s1. The molecule has 4 aromatic carbocycles. The molecular formula is C45H55BNO10PS. The lowest BCUT2D eigenvalue weighted by atomic mass is 9.79. The maximum absolute atomic E-state index is 7.43. The van der Waals surface area contributed by atoms with Crippen molar-refractivity contribution in [2.45, 2.75) is 86.1 Å². The van der Waals surface area contributed by atoms with Gasteiger partial charge in [-0.1, -0.05) is 84.9 Å². The van der Waals surface area contributed by atoms with E-state index in [0.717, 1.165) is 59.6 Å². The summed E-state index contributed by atoms with van der Waals surface area (Å²) >= 11 is 6.49. The van der Waals surface area contributed by atoms with Crippen molar-refractivity contribution in [3.63, 3.8) is 0 Å². The van der Waals surface area contributed by atoms with E-state index in [1.807, 2.05) is 99.7 Å². The van der Waals surface area contributed by atoms with Gasteiger partial charge in [0.2, 0.25) is 0 Å². The summed E-state index contributed by atoms with van der Waals surface area (Å²) in [6.45, 7) is -0.221. The molecule has 0 aromatic heterocycles. The molecule has 0 aliphatic carbocycles. The third kappa shape index (κ3) is 8.81. The van der Waals surface area contributed by atoms with E-state index < -0.39 is 36.2 Å². The second kappa shape index (κ2) is 18.4. The predicted molar refractivity (Wildman–Crippen MR) is 230 cm³/mol. The van der Waals surface area contributed by atoms with Crippen molar-refractivity contribution >= 4 is 26.4 Å². The number of ether oxygens (including phenoxy) is 7. The highest BCUT2D eigenvalue weighted by atomic mass is 32.5. The summed E-state index contributed by atoms with van der Waals surface area (Å²) in [5.74, 6) is 1.47. The van der Waals surface area contributed by atoms with Crippen molar-refractivity contribution in [3.05, 3.63) is 131 Å². The second-order valence-corrected chi connectivity index (χ2v) is 18.8. The van der Waals surface area contributed by atoms with E-state index in [0.29, 0.717) is 0 Å². The van der Waals surface area contributed by atoms with Gasteiger partial charge in [-0.25, -0.2) is 0 Å². The molecule has 0 amide bonds. The fourth-order valence-corrected chi connectivity index (χ4v) is 11.4. The van der Waals surface area contributed by atoms with E-state index in [9.17, 15) is 0 Å². The van der Waals surface area contributed by atoms with Gasteiger partial charge in [-0.3, -0.25) is 9.05 Å². The minimum atomic E-state index is -3.60. The van der Waals surface area contributed by atoms with Gasteiger partial charge in [0.1, 0.15) is 55.0 Å². The van der Waals surface area contributed by atoms with Gasteiger partial charge in [-0.05, 0) is 84.6 Å². The Morgan fingerprint density at radius 2 is 1.51 bits per heavy atom. The van der Waals surface area contributed by atoms with Crippen LogP contribution in [0.3, 0.4) is 0 Å². The Balaban J connectivity index is 1.16. The molecular weight excluding hydrogens is 788 g/mol. The molecule has 4 aromatic rings. The monoisotopic (exact) mass is 843 g/mol. The van der Waals surface area contributed by atoms with Gasteiger partial charge in [-0.15, -0.1) is 0 Å². The van der Waals surface area contributed by atoms with Gasteiger partial charge < -0.3 is 43.0 Å². The second-order valence-electron chi connectivity index (χ2n) is 15.9. The van der Waals surface area contributed by atoms with Gasteiger partial charge >= 0.3 is 6.72 Å². The van der Waals surface area contributed by atoms with Crippen LogP contribution in [0.15, 0.2) is 109 Å². The quantitative estimate of drug-likeness (QED) is 0.0675. The minimum absolute atomic E-state index is 0.0167. The lowest BCUT2D eigenvalue weighted by Crippen LogP contribution is -2.49. The zero-order valence-corrected chi connectivity index (χ0v) is 36.1. The number of rotatable bonds is 18. The largest absolute Gasteiger partial charge is 0.497 e. The van der Waals surface area contributed by atoms with Gasteiger partial charge in [0, 0.05) is 19.6 Å². The molecule has 2 bridgehead atoms. The molecule has 314 valence electrons. The first kappa shape index (κ1) is 42.5. The molecule has 10 atom stereocenters. The molecule has 59 heavy (non-hydrogen) atoms. The van der Waals surface area contributed by atoms with E-state index >= 15 is 0 Å². The number of fused-ring (bicyclic) bond motifs is 2. The van der Waals surface area contributed by atoms with E-state index in [-0.39, 0.29) is 50.2 Å². The van der Waals surface area contributed by atoms with Crippen LogP contribution in [0, 0.1) is 0 Å². The van der Waals surface area contributed by atoms with Crippen molar-refractivity contribution in [1.82, 2.24) is 5.32 Å². The van der Waals surface area contributed by atoms with Crippen LogP contribution >= 0.6 is 6.72 Å². The highest BCUT2D eigenvalue weighted by Crippen LogP contribution is 2.60.